The summed E-state index contributed by atoms with van der Waals surface area (Å²) in [5, 5.41) is 3.44. The number of benzene rings is 2. The van der Waals surface area contributed by atoms with Crippen LogP contribution >= 0.6 is 11.6 Å². The zero-order chi connectivity index (χ0) is 26.9. The zero-order valence-electron chi connectivity index (χ0n) is 21.9. The number of halogens is 1. The third-order valence-corrected chi connectivity index (χ3v) is 6.87. The molecule has 0 radical (unpaired) electrons. The number of hydrogen-bond acceptors (Lipinski definition) is 7. The van der Waals surface area contributed by atoms with Gasteiger partial charge < -0.3 is 34.1 Å². The fourth-order valence-corrected chi connectivity index (χ4v) is 4.73. The van der Waals surface area contributed by atoms with Crippen LogP contribution in [0.3, 0.4) is 0 Å². The minimum Gasteiger partial charge on any atom is -0.493 e. The van der Waals surface area contributed by atoms with Crippen molar-refractivity contribution in [1.82, 2.24) is 14.7 Å². The van der Waals surface area contributed by atoms with E-state index < -0.39 is 0 Å². The predicted octanol–water partition coefficient (Wildman–Crippen LogP) is 3.06. The molecular weight excluding hydrogens is 512 g/mol. The molecular formula is C27H35ClN4O6. The van der Waals surface area contributed by atoms with Gasteiger partial charge in [0.2, 0.25) is 0 Å². The third-order valence-electron chi connectivity index (χ3n) is 6.63. The summed E-state index contributed by atoms with van der Waals surface area (Å²) in [7, 11) is 3.10. The first kappa shape index (κ1) is 28.0. The Bertz CT molecular complexity index is 1100. The molecule has 2 saturated heterocycles. The number of morpholine rings is 2. The Morgan fingerprint density at radius 2 is 1.84 bits per heavy atom. The molecule has 3 amide bonds. The first-order valence-electron chi connectivity index (χ1n) is 12.7. The van der Waals surface area contributed by atoms with Crippen molar-refractivity contribution in [2.75, 3.05) is 85.2 Å². The van der Waals surface area contributed by atoms with Gasteiger partial charge in [-0.25, -0.2) is 4.79 Å². The molecule has 1 N–H and O–H groups in total. The summed E-state index contributed by atoms with van der Waals surface area (Å²) in [6.45, 7) is 5.81. The molecule has 2 heterocycles. The lowest BCUT2D eigenvalue weighted by Crippen LogP contribution is -2.52. The van der Waals surface area contributed by atoms with Crippen LogP contribution in [0.5, 0.6) is 11.5 Å². The number of carbonyl (C=O) groups excluding carboxylic acids is 2. The van der Waals surface area contributed by atoms with E-state index in [0.29, 0.717) is 80.3 Å². The molecule has 2 aliphatic heterocycles. The van der Waals surface area contributed by atoms with Crippen LogP contribution in [0.4, 0.5) is 10.5 Å². The van der Waals surface area contributed by atoms with Gasteiger partial charge in [0.15, 0.2) is 11.5 Å². The Kier molecular flexibility index (Phi) is 10.1. The minimum atomic E-state index is -0.331. The highest BCUT2D eigenvalue weighted by Crippen LogP contribution is 2.28. The Balaban J connectivity index is 1.44. The van der Waals surface area contributed by atoms with E-state index in [-0.39, 0.29) is 18.0 Å². The van der Waals surface area contributed by atoms with Gasteiger partial charge >= 0.3 is 6.03 Å². The van der Waals surface area contributed by atoms with E-state index in [4.69, 9.17) is 30.5 Å². The number of ether oxygens (including phenoxy) is 4. The standard InChI is InChI=1S/C27H35ClN4O6/c1-35-24-7-6-20(16-25(24)36-2)26(33)31(9-8-30-10-13-37-14-11-30)18-23-19-32(12-15-38-23)27(34)29-22-5-3-4-21(28)17-22/h3-7,16-17,23H,8-15,18-19H2,1-2H3,(H,29,34). The zero-order valence-corrected chi connectivity index (χ0v) is 22.6. The number of urea groups is 1. The lowest BCUT2D eigenvalue weighted by atomic mass is 10.1. The van der Waals surface area contributed by atoms with Crippen LogP contribution in [0.2, 0.25) is 5.02 Å². The smallest absolute Gasteiger partial charge is 0.322 e. The van der Waals surface area contributed by atoms with Gasteiger partial charge in [0, 0.05) is 55.5 Å². The monoisotopic (exact) mass is 546 g/mol. The maximum atomic E-state index is 13.7. The van der Waals surface area contributed by atoms with E-state index in [1.807, 2.05) is 0 Å². The van der Waals surface area contributed by atoms with E-state index in [0.717, 1.165) is 13.1 Å². The number of nitrogens with zero attached hydrogens (tertiary/aromatic N) is 3. The molecule has 2 aliphatic rings. The van der Waals surface area contributed by atoms with Crippen molar-refractivity contribution in [3.8, 4) is 11.5 Å². The minimum absolute atomic E-state index is 0.136. The van der Waals surface area contributed by atoms with Gasteiger partial charge in [-0.15, -0.1) is 0 Å². The van der Waals surface area contributed by atoms with Crippen molar-refractivity contribution in [2.45, 2.75) is 6.10 Å². The summed E-state index contributed by atoms with van der Waals surface area (Å²) in [5.41, 5.74) is 1.12. The number of carbonyl (C=O) groups is 2. The SMILES string of the molecule is COc1ccc(C(=O)N(CCN2CCOCC2)CC2CN(C(=O)Nc3cccc(Cl)c3)CCO2)cc1OC. The van der Waals surface area contributed by atoms with Gasteiger partial charge in [-0.3, -0.25) is 9.69 Å². The van der Waals surface area contributed by atoms with Gasteiger partial charge in [0.25, 0.3) is 5.91 Å². The van der Waals surface area contributed by atoms with Crippen LogP contribution in [0.15, 0.2) is 42.5 Å². The largest absolute Gasteiger partial charge is 0.493 e. The number of anilines is 1. The summed E-state index contributed by atoms with van der Waals surface area (Å²) < 4.78 is 22.2. The van der Waals surface area contributed by atoms with E-state index in [1.165, 1.54) is 0 Å². The van der Waals surface area contributed by atoms with Crippen LogP contribution in [-0.4, -0.2) is 113 Å². The molecule has 0 saturated carbocycles. The third kappa shape index (κ3) is 7.50. The van der Waals surface area contributed by atoms with E-state index in [1.54, 1.807) is 66.5 Å². The highest BCUT2D eigenvalue weighted by atomic mass is 35.5. The predicted molar refractivity (Wildman–Crippen MR) is 144 cm³/mol. The lowest BCUT2D eigenvalue weighted by Gasteiger charge is -2.36. The Labute approximate surface area is 228 Å². The quantitative estimate of drug-likeness (QED) is 0.517. The molecule has 2 fully saturated rings. The van der Waals surface area contributed by atoms with Gasteiger partial charge in [-0.2, -0.15) is 0 Å². The molecule has 2 aromatic carbocycles. The second kappa shape index (κ2) is 13.7. The molecule has 0 aromatic heterocycles. The molecule has 206 valence electrons. The number of methoxy groups -OCH3 is 2. The highest BCUT2D eigenvalue weighted by molar-refractivity contribution is 6.30. The molecule has 4 rings (SSSR count). The van der Waals surface area contributed by atoms with Crippen molar-refractivity contribution in [2.24, 2.45) is 0 Å². The number of rotatable bonds is 9. The van der Waals surface area contributed by atoms with Gasteiger partial charge in [0.05, 0.1) is 46.7 Å². The molecule has 2 aromatic rings. The van der Waals surface area contributed by atoms with Crippen LogP contribution < -0.4 is 14.8 Å². The topological polar surface area (TPSA) is 92.8 Å². The molecule has 11 heteroatoms. The fourth-order valence-electron chi connectivity index (χ4n) is 4.54. The maximum Gasteiger partial charge on any atom is 0.322 e. The average molecular weight is 547 g/mol. The second-order valence-electron chi connectivity index (χ2n) is 9.15. The summed E-state index contributed by atoms with van der Waals surface area (Å²) in [6, 6.07) is 11.9. The van der Waals surface area contributed by atoms with Crippen LogP contribution in [0, 0.1) is 0 Å². The first-order valence-corrected chi connectivity index (χ1v) is 13.1. The Morgan fingerprint density at radius 1 is 1.05 bits per heavy atom. The molecule has 10 nitrogen and oxygen atoms in total. The van der Waals surface area contributed by atoms with Crippen molar-refractivity contribution in [1.29, 1.82) is 0 Å². The van der Waals surface area contributed by atoms with E-state index >= 15 is 0 Å². The molecule has 38 heavy (non-hydrogen) atoms. The maximum absolute atomic E-state index is 13.7. The molecule has 1 unspecified atom stereocenters. The van der Waals surface area contributed by atoms with Gasteiger partial charge in [-0.05, 0) is 36.4 Å². The Morgan fingerprint density at radius 3 is 2.58 bits per heavy atom. The molecule has 1 atom stereocenters. The first-order chi connectivity index (χ1) is 18.5. The van der Waals surface area contributed by atoms with Crippen LogP contribution in [-0.2, 0) is 9.47 Å². The highest BCUT2D eigenvalue weighted by Gasteiger charge is 2.29. The van der Waals surface area contributed by atoms with Crippen molar-refractivity contribution in [3.05, 3.63) is 53.1 Å². The normalized spacial score (nSPS) is 18.1. The Hall–Kier alpha value is -3.05. The summed E-state index contributed by atoms with van der Waals surface area (Å²) in [4.78, 5) is 32.4. The van der Waals surface area contributed by atoms with Crippen molar-refractivity contribution >= 4 is 29.2 Å². The van der Waals surface area contributed by atoms with Crippen molar-refractivity contribution in [3.63, 3.8) is 0 Å². The number of hydrogen-bond donors (Lipinski definition) is 1. The number of amides is 3. The van der Waals surface area contributed by atoms with Crippen LogP contribution in [0.1, 0.15) is 10.4 Å². The number of nitrogens with one attached hydrogen (secondary N) is 1. The lowest BCUT2D eigenvalue weighted by molar-refractivity contribution is -0.0282. The summed E-state index contributed by atoms with van der Waals surface area (Å²) >= 11 is 6.05. The van der Waals surface area contributed by atoms with Crippen LogP contribution in [0.25, 0.3) is 0 Å². The van der Waals surface area contributed by atoms with Crippen molar-refractivity contribution < 1.29 is 28.5 Å². The molecule has 0 bridgehead atoms. The summed E-state index contributed by atoms with van der Waals surface area (Å²) in [6.07, 6.45) is -0.331. The van der Waals surface area contributed by atoms with Gasteiger partial charge in [-0.1, -0.05) is 17.7 Å². The fraction of sp³-hybridized carbons (Fsp3) is 0.481. The molecule has 0 spiro atoms. The van der Waals surface area contributed by atoms with Gasteiger partial charge in [0.1, 0.15) is 0 Å². The van der Waals surface area contributed by atoms with E-state index in [2.05, 4.69) is 10.2 Å². The average Bonchev–Trinajstić information content (AvgIpc) is 2.95. The second-order valence-corrected chi connectivity index (χ2v) is 9.59. The van der Waals surface area contributed by atoms with E-state index in [9.17, 15) is 9.59 Å². The summed E-state index contributed by atoms with van der Waals surface area (Å²) in [5.74, 6) is 0.911. The molecule has 0 aliphatic carbocycles.